The highest BCUT2D eigenvalue weighted by Crippen LogP contribution is 2.38. The topological polar surface area (TPSA) is 67.9 Å². The van der Waals surface area contributed by atoms with Crippen LogP contribution in [0.1, 0.15) is 24.4 Å². The second kappa shape index (κ2) is 5.09. The summed E-state index contributed by atoms with van der Waals surface area (Å²) in [5.41, 5.74) is 6.89. The second-order valence-corrected chi connectivity index (χ2v) is 6.06. The van der Waals surface area contributed by atoms with Crippen molar-refractivity contribution in [3.05, 3.63) is 28.2 Å². The number of ether oxygens (including phenoxy) is 1. The fourth-order valence-electron chi connectivity index (χ4n) is 2.45. The summed E-state index contributed by atoms with van der Waals surface area (Å²) < 4.78 is 6.16. The Labute approximate surface area is 125 Å². The van der Waals surface area contributed by atoms with Crippen molar-refractivity contribution in [2.75, 3.05) is 13.7 Å². The van der Waals surface area contributed by atoms with E-state index in [0.29, 0.717) is 11.8 Å². The fraction of sp³-hybridized carbons (Fsp3) is 0.429. The quantitative estimate of drug-likeness (QED) is 0.918. The number of amides is 2. The van der Waals surface area contributed by atoms with Gasteiger partial charge in [-0.1, -0.05) is 15.9 Å². The summed E-state index contributed by atoms with van der Waals surface area (Å²) >= 11 is 3.52. The van der Waals surface area contributed by atoms with Crippen LogP contribution in [0.4, 0.5) is 4.79 Å². The molecule has 0 radical (unpaired) electrons. The minimum atomic E-state index is -0.299. The first-order valence-corrected chi connectivity index (χ1v) is 7.37. The van der Waals surface area contributed by atoms with Crippen LogP contribution in [-0.2, 0) is 0 Å². The van der Waals surface area contributed by atoms with Crippen LogP contribution in [0, 0.1) is 5.92 Å². The summed E-state index contributed by atoms with van der Waals surface area (Å²) in [6, 6.07) is 5.12. The lowest BCUT2D eigenvalue weighted by Crippen LogP contribution is -2.35. The van der Waals surface area contributed by atoms with Crippen LogP contribution in [-0.4, -0.2) is 30.4 Å². The van der Waals surface area contributed by atoms with Crippen molar-refractivity contribution in [2.24, 2.45) is 16.6 Å². The molecule has 1 unspecified atom stereocenters. The second-order valence-electron chi connectivity index (χ2n) is 5.20. The van der Waals surface area contributed by atoms with Gasteiger partial charge in [-0.3, -0.25) is 0 Å². The summed E-state index contributed by atoms with van der Waals surface area (Å²) in [5.74, 6) is 1.68. The molecule has 2 aliphatic rings. The smallest absolute Gasteiger partial charge is 0.346 e. The molecule has 1 atom stereocenters. The van der Waals surface area contributed by atoms with E-state index in [1.54, 1.807) is 12.0 Å². The molecule has 1 aliphatic heterocycles. The van der Waals surface area contributed by atoms with Crippen LogP contribution in [0.2, 0.25) is 0 Å². The third-order valence-corrected chi connectivity index (χ3v) is 4.43. The van der Waals surface area contributed by atoms with Gasteiger partial charge in [-0.15, -0.1) is 0 Å². The predicted molar refractivity (Wildman–Crippen MR) is 79.9 cm³/mol. The Morgan fingerprint density at radius 2 is 2.25 bits per heavy atom. The summed E-state index contributed by atoms with van der Waals surface area (Å²) in [5, 5.41) is 0. The molecule has 0 aromatic heterocycles. The van der Waals surface area contributed by atoms with Gasteiger partial charge in [-0.2, -0.15) is 4.99 Å². The molecular formula is C14H16BrN3O2. The lowest BCUT2D eigenvalue weighted by Gasteiger charge is -2.25. The van der Waals surface area contributed by atoms with E-state index in [2.05, 4.69) is 20.9 Å². The molecule has 2 N–H and O–H groups in total. The zero-order valence-electron chi connectivity index (χ0n) is 11.2. The van der Waals surface area contributed by atoms with Gasteiger partial charge in [-0.05, 0) is 37.0 Å². The number of hydrogen-bond acceptors (Lipinski definition) is 3. The molecule has 1 aliphatic carbocycles. The number of halogens is 1. The Kier molecular flexibility index (Phi) is 3.41. The molecule has 1 saturated carbocycles. The molecule has 0 saturated heterocycles. The standard InChI is InChI=1S/C14H16BrN3O2/c1-20-9-4-5-11(15)10(6-9)12-13(16)17-14(19)18(12)7-8-2-3-8/h4-6,8,12H,2-3,7H2,1H3,(H2,16,17,19). The van der Waals surface area contributed by atoms with Crippen LogP contribution in [0.5, 0.6) is 5.75 Å². The Bertz CT molecular complexity index is 584. The SMILES string of the molecule is COc1ccc(Br)c(C2C(N)=NC(=O)N2CC2CC2)c1. The Balaban J connectivity index is 1.96. The molecular weight excluding hydrogens is 322 g/mol. The molecule has 1 heterocycles. The van der Waals surface area contributed by atoms with Crippen molar-refractivity contribution in [3.63, 3.8) is 0 Å². The van der Waals surface area contributed by atoms with E-state index in [-0.39, 0.29) is 12.1 Å². The highest BCUT2D eigenvalue weighted by atomic mass is 79.9. The molecule has 2 amide bonds. The number of benzene rings is 1. The normalized spacial score (nSPS) is 22.1. The maximum atomic E-state index is 12.0. The van der Waals surface area contributed by atoms with Gasteiger partial charge >= 0.3 is 6.03 Å². The van der Waals surface area contributed by atoms with Crippen molar-refractivity contribution >= 4 is 27.8 Å². The van der Waals surface area contributed by atoms with E-state index in [4.69, 9.17) is 10.5 Å². The first-order chi connectivity index (χ1) is 9.60. The third-order valence-electron chi connectivity index (χ3n) is 3.71. The van der Waals surface area contributed by atoms with Crippen molar-refractivity contribution in [1.29, 1.82) is 0 Å². The average molecular weight is 338 g/mol. The van der Waals surface area contributed by atoms with Crippen molar-refractivity contribution in [1.82, 2.24) is 4.90 Å². The van der Waals surface area contributed by atoms with E-state index < -0.39 is 0 Å². The number of carbonyl (C=O) groups excluding carboxylic acids is 1. The van der Waals surface area contributed by atoms with Gasteiger partial charge in [-0.25, -0.2) is 4.79 Å². The molecule has 1 fully saturated rings. The number of nitrogens with two attached hydrogens (primary N) is 1. The summed E-state index contributed by atoms with van der Waals surface area (Å²) in [6.45, 7) is 0.720. The lowest BCUT2D eigenvalue weighted by atomic mass is 10.0. The average Bonchev–Trinajstić information content (AvgIpc) is 3.19. The molecule has 6 heteroatoms. The third kappa shape index (κ3) is 2.40. The van der Waals surface area contributed by atoms with Gasteiger partial charge in [0.25, 0.3) is 0 Å². The van der Waals surface area contributed by atoms with Gasteiger partial charge < -0.3 is 15.4 Å². The predicted octanol–water partition coefficient (Wildman–Crippen LogP) is 2.70. The number of hydrogen-bond donors (Lipinski definition) is 1. The molecule has 1 aromatic rings. The minimum absolute atomic E-state index is 0.242. The van der Waals surface area contributed by atoms with Crippen LogP contribution in [0.25, 0.3) is 0 Å². The van der Waals surface area contributed by atoms with Gasteiger partial charge in [0.1, 0.15) is 17.6 Å². The molecule has 20 heavy (non-hydrogen) atoms. The number of aliphatic imine (C=N–C) groups is 1. The molecule has 0 spiro atoms. The first kappa shape index (κ1) is 13.4. The van der Waals surface area contributed by atoms with Gasteiger partial charge in [0.05, 0.1) is 7.11 Å². The molecule has 3 rings (SSSR count). The monoisotopic (exact) mass is 337 g/mol. The number of nitrogens with zero attached hydrogens (tertiary/aromatic N) is 2. The number of rotatable bonds is 4. The molecule has 0 bridgehead atoms. The number of amidine groups is 1. The Hall–Kier alpha value is -1.56. The molecule has 106 valence electrons. The van der Waals surface area contributed by atoms with Crippen molar-refractivity contribution < 1.29 is 9.53 Å². The summed E-state index contributed by atoms with van der Waals surface area (Å²) in [6.07, 6.45) is 2.35. The van der Waals surface area contributed by atoms with Crippen LogP contribution >= 0.6 is 15.9 Å². The highest BCUT2D eigenvalue weighted by Gasteiger charge is 2.39. The zero-order valence-corrected chi connectivity index (χ0v) is 12.8. The first-order valence-electron chi connectivity index (χ1n) is 6.58. The number of carbonyl (C=O) groups is 1. The van der Waals surface area contributed by atoms with E-state index >= 15 is 0 Å². The van der Waals surface area contributed by atoms with Crippen molar-refractivity contribution in [3.8, 4) is 5.75 Å². The summed E-state index contributed by atoms with van der Waals surface area (Å²) in [4.78, 5) is 17.7. The highest BCUT2D eigenvalue weighted by molar-refractivity contribution is 9.10. The largest absolute Gasteiger partial charge is 0.497 e. The zero-order chi connectivity index (χ0) is 14.3. The molecule has 5 nitrogen and oxygen atoms in total. The Morgan fingerprint density at radius 3 is 2.90 bits per heavy atom. The van der Waals surface area contributed by atoms with Crippen molar-refractivity contribution in [2.45, 2.75) is 18.9 Å². The fourth-order valence-corrected chi connectivity index (χ4v) is 2.92. The van der Waals surface area contributed by atoms with E-state index in [0.717, 1.165) is 22.3 Å². The Morgan fingerprint density at radius 1 is 1.50 bits per heavy atom. The summed E-state index contributed by atoms with van der Waals surface area (Å²) in [7, 11) is 1.62. The van der Waals surface area contributed by atoms with Crippen LogP contribution < -0.4 is 10.5 Å². The molecule has 1 aromatic carbocycles. The van der Waals surface area contributed by atoms with E-state index in [9.17, 15) is 4.79 Å². The van der Waals surface area contributed by atoms with E-state index in [1.165, 1.54) is 12.8 Å². The maximum absolute atomic E-state index is 12.0. The van der Waals surface area contributed by atoms with Crippen LogP contribution in [0.15, 0.2) is 27.7 Å². The lowest BCUT2D eigenvalue weighted by molar-refractivity contribution is 0.203. The van der Waals surface area contributed by atoms with Gasteiger partial charge in [0.2, 0.25) is 0 Å². The van der Waals surface area contributed by atoms with E-state index in [1.807, 2.05) is 18.2 Å². The minimum Gasteiger partial charge on any atom is -0.497 e. The number of methoxy groups -OCH3 is 1. The maximum Gasteiger partial charge on any atom is 0.346 e. The van der Waals surface area contributed by atoms with Gasteiger partial charge in [0.15, 0.2) is 0 Å². The number of urea groups is 1. The van der Waals surface area contributed by atoms with Crippen LogP contribution in [0.3, 0.4) is 0 Å². The van der Waals surface area contributed by atoms with Gasteiger partial charge in [0, 0.05) is 16.6 Å².